The highest BCUT2D eigenvalue weighted by atomic mass is 32.2. The summed E-state index contributed by atoms with van der Waals surface area (Å²) in [4.78, 5) is 6.31. The fraction of sp³-hybridized carbons (Fsp3) is 0. The highest BCUT2D eigenvalue weighted by Gasteiger charge is 2.27. The van der Waals surface area contributed by atoms with E-state index in [9.17, 15) is 72.2 Å². The van der Waals surface area contributed by atoms with Crippen LogP contribution in [0.5, 0.6) is 11.5 Å². The Labute approximate surface area is 431 Å². The van der Waals surface area contributed by atoms with Crippen molar-refractivity contribution in [2.24, 2.45) is 40.9 Å². The number of phenols is 2. The summed E-state index contributed by atoms with van der Waals surface area (Å²) in [6.45, 7) is 0. The van der Waals surface area contributed by atoms with Crippen LogP contribution in [0.3, 0.4) is 0 Å². The van der Waals surface area contributed by atoms with Crippen LogP contribution in [0.15, 0.2) is 167 Å². The van der Waals surface area contributed by atoms with E-state index in [4.69, 9.17) is 16.2 Å². The quantitative estimate of drug-likeness (QED) is 0.00691. The molecule has 0 bridgehead atoms. The van der Waals surface area contributed by atoms with Gasteiger partial charge in [-0.3, -0.25) is 28.3 Å². The number of nitro groups is 1. The second kappa shape index (κ2) is 22.3. The first-order valence-corrected chi connectivity index (χ1v) is 26.7. The lowest BCUT2D eigenvalue weighted by molar-refractivity contribution is -0.432. The van der Waals surface area contributed by atoms with Gasteiger partial charge in [0.05, 0.1) is 71.8 Å². The smallest absolute Gasteiger partial charge is 0.297 e. The predicted octanol–water partition coefficient (Wildman–Crippen LogP) is 10.4. The first kappa shape index (κ1) is 56.1. The molecule has 38 heteroatoms. The van der Waals surface area contributed by atoms with Crippen molar-refractivity contribution in [2.75, 3.05) is 5.73 Å². The molecule has 10 N–H and O–H groups in total. The zero-order valence-corrected chi connectivity index (χ0v) is 41.5. The van der Waals surface area contributed by atoms with E-state index in [1.54, 1.807) is 0 Å². The summed E-state index contributed by atoms with van der Waals surface area (Å²) in [6.07, 6.45) is 0. The minimum atomic E-state index is -5.29. The Hall–Kier alpha value is -7.64. The predicted molar refractivity (Wildman–Crippen MR) is 259 cm³/mol. The number of nitro benzene ring substituents is 1. The van der Waals surface area contributed by atoms with Gasteiger partial charge in [-0.1, -0.05) is 10.1 Å². The van der Waals surface area contributed by atoms with Crippen LogP contribution in [0.4, 0.5) is 56.9 Å². The third-order valence-corrected chi connectivity index (χ3v) is 14.6. The van der Waals surface area contributed by atoms with E-state index in [1.807, 2.05) is 0 Å². The Bertz CT molecular complexity index is 4110. The second-order valence-electron chi connectivity index (χ2n) is 14.5. The van der Waals surface area contributed by atoms with Crippen molar-refractivity contribution in [1.29, 1.82) is 0 Å². The van der Waals surface area contributed by atoms with Gasteiger partial charge in [0.15, 0.2) is 11.5 Å². The first-order valence-electron chi connectivity index (χ1n) is 19.5. The van der Waals surface area contributed by atoms with Gasteiger partial charge in [-0.2, -0.15) is 49.0 Å². The van der Waals surface area contributed by atoms with Gasteiger partial charge in [-0.05, 0) is 90.3 Å². The highest BCUT2D eigenvalue weighted by molar-refractivity contribution is 7.95. The van der Waals surface area contributed by atoms with Gasteiger partial charge in [0, 0.05) is 22.9 Å². The SMILES string of the molecule is Nc1c(N=Nc2ccc3c(O)c(N=Nc4ccc(N=Nc5ccc(S(=O)(=O)O)cc5)cc4SOOO)c(S(=O)(=O)O)cc3c2)cc(S(=O)(=O)O)c2cc(SOOO)c(N=Nc3ccc([N+](=O)[O-])cc3S(=O)(=O)O)c(O)c12. The van der Waals surface area contributed by atoms with E-state index in [0.717, 1.165) is 42.5 Å². The first-order chi connectivity index (χ1) is 35.7. The molecule has 0 radical (unpaired) electrons. The molecule has 0 aromatic heterocycles. The number of anilines is 1. The molecule has 32 nitrogen and oxygen atoms in total. The Kier molecular flexibility index (Phi) is 16.5. The molecular formula is C38H26N10O22S6. The maximum absolute atomic E-state index is 12.8. The largest absolute Gasteiger partial charge is 0.505 e. The standard InChI is InChI=1S/C38H26N10O22S6/c39-34-27(16-30(74(58,59)60)24-15-29(72-70-68-54)35(38(50)33(24)34)46-44-26-10-5-21(48(51)52)14-31(26)75(61,62)63)45-42-19-3-8-23-17(11-19)12-32(76(64,65)66)36(37(23)49)47-43-25-9-4-20(13-28(25)71-69-67-53)41-40-18-1-6-22(7-2-18)73(55,56)57/h1-16,49-50,53-54H,39H2,(H,55,56,57)(H,58,59,60)(H,61,62,63)(H,64,65,66). The van der Waals surface area contributed by atoms with Crippen LogP contribution < -0.4 is 5.73 Å². The zero-order valence-electron chi connectivity index (χ0n) is 36.6. The Balaban J connectivity index is 1.27. The molecule has 0 spiro atoms. The summed E-state index contributed by atoms with van der Waals surface area (Å²) in [5.74, 6) is -1.94. The van der Waals surface area contributed by atoms with Crippen LogP contribution in [0.25, 0.3) is 21.5 Å². The number of hydrogen-bond donors (Lipinski definition) is 9. The highest BCUT2D eigenvalue weighted by Crippen LogP contribution is 2.50. The molecule has 0 saturated heterocycles. The van der Waals surface area contributed by atoms with Gasteiger partial charge in [0.1, 0.15) is 43.1 Å². The van der Waals surface area contributed by atoms with Gasteiger partial charge in [0.25, 0.3) is 46.2 Å². The molecular weight excluding hydrogens is 1140 g/mol. The van der Waals surface area contributed by atoms with Crippen LogP contribution in [-0.2, 0) is 59.2 Å². The Morgan fingerprint density at radius 2 is 1.04 bits per heavy atom. The monoisotopic (exact) mass is 1170 g/mol. The third kappa shape index (κ3) is 12.7. The summed E-state index contributed by atoms with van der Waals surface area (Å²) in [5.41, 5.74) is 2.09. The number of aromatic hydroxyl groups is 2. The minimum Gasteiger partial charge on any atom is -0.505 e. The van der Waals surface area contributed by atoms with E-state index < -0.39 is 126 Å². The van der Waals surface area contributed by atoms with Gasteiger partial charge >= 0.3 is 0 Å². The molecule has 0 aliphatic carbocycles. The summed E-state index contributed by atoms with van der Waals surface area (Å²) < 4.78 is 146. The van der Waals surface area contributed by atoms with Crippen LogP contribution in [0.1, 0.15) is 0 Å². The van der Waals surface area contributed by atoms with Crippen LogP contribution in [0.2, 0.25) is 0 Å². The number of azo groups is 4. The number of nitrogen functional groups attached to an aromatic ring is 1. The number of hydrogen-bond acceptors (Lipinski definition) is 29. The lowest BCUT2D eigenvalue weighted by atomic mass is 10.0. The van der Waals surface area contributed by atoms with Crippen LogP contribution in [0, 0.1) is 10.1 Å². The van der Waals surface area contributed by atoms with Crippen molar-refractivity contribution in [3.05, 3.63) is 107 Å². The van der Waals surface area contributed by atoms with Crippen molar-refractivity contribution < 1.29 is 96.3 Å². The van der Waals surface area contributed by atoms with Crippen molar-refractivity contribution in [3.8, 4) is 11.5 Å². The lowest BCUT2D eigenvalue weighted by Crippen LogP contribution is -2.02. The molecule has 7 rings (SSSR count). The minimum absolute atomic E-state index is 0.0142. The maximum atomic E-state index is 12.8. The molecule has 7 aromatic carbocycles. The third-order valence-electron chi connectivity index (χ3n) is 9.80. The van der Waals surface area contributed by atoms with Gasteiger partial charge in [0.2, 0.25) is 0 Å². The zero-order chi connectivity index (χ0) is 55.5. The average Bonchev–Trinajstić information content (AvgIpc) is 3.38. The molecule has 7 aromatic rings. The topological polar surface area (TPSA) is 503 Å². The Morgan fingerprint density at radius 1 is 0.500 bits per heavy atom. The van der Waals surface area contributed by atoms with Gasteiger partial charge in [-0.15, -0.1) is 34.2 Å². The van der Waals surface area contributed by atoms with Crippen molar-refractivity contribution in [3.63, 3.8) is 0 Å². The van der Waals surface area contributed by atoms with E-state index in [2.05, 4.69) is 59.7 Å². The van der Waals surface area contributed by atoms with Crippen LogP contribution >= 0.6 is 24.1 Å². The normalized spacial score (nSPS) is 12.9. The molecule has 0 atom stereocenters. The summed E-state index contributed by atoms with van der Waals surface area (Å²) in [5, 5.41) is 88.7. The molecule has 0 fully saturated rings. The van der Waals surface area contributed by atoms with Crippen molar-refractivity contribution in [2.45, 2.75) is 29.4 Å². The molecule has 396 valence electrons. The molecule has 0 heterocycles. The fourth-order valence-corrected chi connectivity index (χ4v) is 9.94. The Morgan fingerprint density at radius 3 is 1.66 bits per heavy atom. The van der Waals surface area contributed by atoms with Crippen molar-refractivity contribution >= 4 is 143 Å². The van der Waals surface area contributed by atoms with E-state index in [-0.39, 0.29) is 50.5 Å². The summed E-state index contributed by atoms with van der Waals surface area (Å²) >= 11 is 0.407. The molecule has 0 aliphatic rings. The molecule has 0 unspecified atom stereocenters. The summed E-state index contributed by atoms with van der Waals surface area (Å²) in [7, 11) is -20.2. The number of phenolic OH excluding ortho intramolecular Hbond substituents is 2. The van der Waals surface area contributed by atoms with E-state index >= 15 is 0 Å². The molecule has 76 heavy (non-hydrogen) atoms. The average molecular weight is 1170 g/mol. The number of non-ortho nitro benzene ring substituents is 1. The molecule has 0 aliphatic heterocycles. The number of nitrogens with zero attached hydrogens (tertiary/aromatic N) is 9. The number of rotatable bonds is 19. The van der Waals surface area contributed by atoms with Crippen molar-refractivity contribution in [1.82, 2.24) is 0 Å². The number of fused-ring (bicyclic) bond motifs is 2. The van der Waals surface area contributed by atoms with E-state index in [0.29, 0.717) is 24.2 Å². The number of nitrogens with two attached hydrogens (primary N) is 1. The second-order valence-corrected chi connectivity index (χ2v) is 21.6. The fourth-order valence-electron chi connectivity index (χ4n) is 6.50. The van der Waals surface area contributed by atoms with E-state index in [1.165, 1.54) is 42.5 Å². The van der Waals surface area contributed by atoms with Crippen LogP contribution in [-0.4, -0.2) is 77.5 Å². The summed E-state index contributed by atoms with van der Waals surface area (Å²) in [6, 6.07) is 16.4. The molecule has 0 saturated carbocycles. The number of benzene rings is 7. The molecule has 0 amide bonds. The maximum Gasteiger partial charge on any atom is 0.297 e. The lowest BCUT2D eigenvalue weighted by Gasteiger charge is -2.14. The van der Waals surface area contributed by atoms with Gasteiger partial charge in [-0.25, -0.2) is 10.5 Å². The van der Waals surface area contributed by atoms with Gasteiger partial charge < -0.3 is 15.9 Å².